The summed E-state index contributed by atoms with van der Waals surface area (Å²) in [6, 6.07) is -0.369. The van der Waals surface area contributed by atoms with Crippen molar-refractivity contribution in [2.45, 2.75) is 40.2 Å². The number of rotatable bonds is 8. The van der Waals surface area contributed by atoms with Gasteiger partial charge in [0.05, 0.1) is 19.6 Å². The van der Waals surface area contributed by atoms with E-state index in [1.54, 1.807) is 13.8 Å². The van der Waals surface area contributed by atoms with Crippen molar-refractivity contribution in [1.29, 1.82) is 0 Å². The first-order valence-corrected chi connectivity index (χ1v) is 6.40. The number of hydrogen-bond acceptors (Lipinski definition) is 5. The lowest BCUT2D eigenvalue weighted by molar-refractivity contribution is -0.148. The normalized spacial score (nSPS) is 14.1. The molecule has 0 heterocycles. The number of carbonyl (C=O) groups is 2. The molecule has 106 valence electrons. The van der Waals surface area contributed by atoms with Crippen molar-refractivity contribution in [1.82, 2.24) is 5.32 Å². The van der Waals surface area contributed by atoms with E-state index in [1.165, 1.54) is 7.11 Å². The van der Waals surface area contributed by atoms with Crippen LogP contribution < -0.4 is 5.32 Å². The van der Waals surface area contributed by atoms with E-state index in [0.29, 0.717) is 25.5 Å². The van der Waals surface area contributed by atoms with Crippen LogP contribution in [0.15, 0.2) is 0 Å². The Bertz CT molecular complexity index is 266. The highest BCUT2D eigenvalue weighted by Crippen LogP contribution is 2.07. The molecular weight excluding hydrogens is 234 g/mol. The fraction of sp³-hybridized carbons (Fsp3) is 0.846. The van der Waals surface area contributed by atoms with Crippen molar-refractivity contribution in [2.75, 3.05) is 20.3 Å². The summed E-state index contributed by atoms with van der Waals surface area (Å²) in [6.07, 6.45) is 0.683. The molecule has 2 atom stereocenters. The van der Waals surface area contributed by atoms with Crippen LogP contribution in [0.3, 0.4) is 0 Å². The zero-order chi connectivity index (χ0) is 14.1. The zero-order valence-corrected chi connectivity index (χ0v) is 12.0. The monoisotopic (exact) mass is 259 g/mol. The molecule has 0 aromatic rings. The molecule has 18 heavy (non-hydrogen) atoms. The van der Waals surface area contributed by atoms with Crippen LogP contribution in [0.1, 0.15) is 34.1 Å². The summed E-state index contributed by atoms with van der Waals surface area (Å²) in [5, 5.41) is 3.07. The molecule has 0 fully saturated rings. The van der Waals surface area contributed by atoms with E-state index in [9.17, 15) is 9.59 Å². The smallest absolute Gasteiger partial charge is 0.322 e. The van der Waals surface area contributed by atoms with Crippen molar-refractivity contribution in [3.05, 3.63) is 0 Å². The summed E-state index contributed by atoms with van der Waals surface area (Å²) < 4.78 is 9.64. The quantitative estimate of drug-likeness (QED) is 0.667. The summed E-state index contributed by atoms with van der Waals surface area (Å²) >= 11 is 0. The molecular formula is C13H25NO4. The molecule has 0 aromatic heterocycles. The highest BCUT2D eigenvalue weighted by Gasteiger charge is 2.22. The van der Waals surface area contributed by atoms with Gasteiger partial charge in [-0.15, -0.1) is 0 Å². The first-order valence-electron chi connectivity index (χ1n) is 6.40. The first-order chi connectivity index (χ1) is 8.42. The fourth-order valence-corrected chi connectivity index (χ4v) is 1.56. The van der Waals surface area contributed by atoms with Gasteiger partial charge in [-0.25, -0.2) is 0 Å². The van der Waals surface area contributed by atoms with Gasteiger partial charge in [-0.1, -0.05) is 20.8 Å². The molecule has 0 radical (unpaired) electrons. The Morgan fingerprint density at radius 1 is 1.17 bits per heavy atom. The van der Waals surface area contributed by atoms with Gasteiger partial charge in [-0.2, -0.15) is 0 Å². The molecule has 0 rings (SSSR count). The van der Waals surface area contributed by atoms with Crippen molar-refractivity contribution >= 4 is 11.9 Å². The van der Waals surface area contributed by atoms with Crippen molar-refractivity contribution in [2.24, 2.45) is 11.8 Å². The Hall–Kier alpha value is -1.10. The van der Waals surface area contributed by atoms with Crippen molar-refractivity contribution < 1.29 is 19.1 Å². The number of hydrogen-bond donors (Lipinski definition) is 1. The number of carbonyl (C=O) groups excluding carboxylic acids is 2. The van der Waals surface area contributed by atoms with E-state index in [1.807, 2.05) is 13.8 Å². The second-order valence-electron chi connectivity index (χ2n) is 4.77. The minimum absolute atomic E-state index is 0.252. The Morgan fingerprint density at radius 3 is 2.22 bits per heavy atom. The molecule has 2 unspecified atom stereocenters. The lowest BCUT2D eigenvalue weighted by Crippen LogP contribution is -2.42. The number of nitrogens with one attached hydrogen (secondary N) is 1. The summed E-state index contributed by atoms with van der Waals surface area (Å²) in [7, 11) is 1.37. The Labute approximate surface area is 109 Å². The van der Waals surface area contributed by atoms with Crippen LogP contribution in [0.5, 0.6) is 0 Å². The molecule has 0 spiro atoms. The van der Waals surface area contributed by atoms with Crippen LogP contribution in [0.25, 0.3) is 0 Å². The summed E-state index contributed by atoms with van der Waals surface area (Å²) in [5.41, 5.74) is 0. The van der Waals surface area contributed by atoms with Crippen LogP contribution in [0, 0.1) is 11.8 Å². The van der Waals surface area contributed by atoms with E-state index in [4.69, 9.17) is 9.47 Å². The maximum absolute atomic E-state index is 11.6. The molecule has 5 heteroatoms. The lowest BCUT2D eigenvalue weighted by Gasteiger charge is -2.20. The van der Waals surface area contributed by atoms with Crippen LogP contribution in [-0.2, 0) is 19.1 Å². The molecule has 0 bridgehead atoms. The van der Waals surface area contributed by atoms with Crippen LogP contribution >= 0.6 is 0 Å². The van der Waals surface area contributed by atoms with E-state index in [-0.39, 0.29) is 23.9 Å². The van der Waals surface area contributed by atoms with Gasteiger partial charge in [0.2, 0.25) is 0 Å². The summed E-state index contributed by atoms with van der Waals surface area (Å²) in [6.45, 7) is 8.39. The molecule has 0 aromatic carbocycles. The number of methoxy groups -OCH3 is 1. The first kappa shape index (κ1) is 16.9. The summed E-state index contributed by atoms with van der Waals surface area (Å²) in [4.78, 5) is 23.0. The van der Waals surface area contributed by atoms with Crippen molar-refractivity contribution in [3.8, 4) is 0 Å². The summed E-state index contributed by atoms with van der Waals surface area (Å²) in [5.74, 6) is -0.443. The minimum Gasteiger partial charge on any atom is -0.468 e. The second kappa shape index (κ2) is 8.91. The number of esters is 2. The Kier molecular flexibility index (Phi) is 8.37. The molecule has 1 N–H and O–H groups in total. The molecule has 0 amide bonds. The third-order valence-corrected chi connectivity index (χ3v) is 2.55. The fourth-order valence-electron chi connectivity index (χ4n) is 1.56. The molecule has 0 aliphatic carbocycles. The third kappa shape index (κ3) is 6.59. The third-order valence-electron chi connectivity index (χ3n) is 2.55. The molecule has 5 nitrogen and oxygen atoms in total. The van der Waals surface area contributed by atoms with Crippen LogP contribution in [0.2, 0.25) is 0 Å². The van der Waals surface area contributed by atoms with Gasteiger partial charge in [0.25, 0.3) is 0 Å². The zero-order valence-electron chi connectivity index (χ0n) is 12.0. The average molecular weight is 259 g/mol. The second-order valence-corrected chi connectivity index (χ2v) is 4.77. The van der Waals surface area contributed by atoms with Crippen LogP contribution in [-0.4, -0.2) is 38.2 Å². The van der Waals surface area contributed by atoms with E-state index in [0.717, 1.165) is 0 Å². The van der Waals surface area contributed by atoms with Gasteiger partial charge in [0.15, 0.2) is 0 Å². The van der Waals surface area contributed by atoms with Gasteiger partial charge in [0.1, 0.15) is 6.04 Å². The van der Waals surface area contributed by atoms with Gasteiger partial charge < -0.3 is 14.8 Å². The Balaban J connectivity index is 4.25. The lowest BCUT2D eigenvalue weighted by atomic mass is 10.0. The standard InChI is InChI=1S/C13H25NO4/c1-6-18-12(15)10(4)8-14-11(7-9(2)3)13(16)17-5/h9-11,14H,6-8H2,1-5H3. The molecule has 0 saturated heterocycles. The van der Waals surface area contributed by atoms with Gasteiger partial charge >= 0.3 is 11.9 Å². The SMILES string of the molecule is CCOC(=O)C(C)CNC(CC(C)C)C(=O)OC. The molecule has 0 aliphatic rings. The minimum atomic E-state index is -0.369. The highest BCUT2D eigenvalue weighted by molar-refractivity contribution is 5.76. The van der Waals surface area contributed by atoms with E-state index < -0.39 is 0 Å². The maximum Gasteiger partial charge on any atom is 0.322 e. The predicted molar refractivity (Wildman–Crippen MR) is 69.1 cm³/mol. The number of ether oxygens (including phenoxy) is 2. The van der Waals surface area contributed by atoms with Crippen LogP contribution in [0.4, 0.5) is 0 Å². The topological polar surface area (TPSA) is 64.6 Å². The molecule has 0 aliphatic heterocycles. The average Bonchev–Trinajstić information content (AvgIpc) is 2.32. The Morgan fingerprint density at radius 2 is 1.78 bits per heavy atom. The van der Waals surface area contributed by atoms with Crippen molar-refractivity contribution in [3.63, 3.8) is 0 Å². The van der Waals surface area contributed by atoms with Gasteiger partial charge in [-0.05, 0) is 19.3 Å². The maximum atomic E-state index is 11.6. The van der Waals surface area contributed by atoms with E-state index >= 15 is 0 Å². The van der Waals surface area contributed by atoms with Gasteiger partial charge in [0, 0.05) is 6.54 Å². The predicted octanol–water partition coefficient (Wildman–Crippen LogP) is 1.36. The largest absolute Gasteiger partial charge is 0.468 e. The van der Waals surface area contributed by atoms with Gasteiger partial charge in [-0.3, -0.25) is 9.59 Å². The highest BCUT2D eigenvalue weighted by atomic mass is 16.5. The molecule has 0 saturated carbocycles. The van der Waals surface area contributed by atoms with E-state index in [2.05, 4.69) is 5.32 Å².